The van der Waals surface area contributed by atoms with Gasteiger partial charge in [0.1, 0.15) is 0 Å². The summed E-state index contributed by atoms with van der Waals surface area (Å²) in [6, 6.07) is 1.69. The van der Waals surface area contributed by atoms with Crippen molar-refractivity contribution in [1.29, 1.82) is 0 Å². The summed E-state index contributed by atoms with van der Waals surface area (Å²) in [4.78, 5) is 5.82. The lowest BCUT2D eigenvalue weighted by atomic mass is 9.95. The fourth-order valence-electron chi connectivity index (χ4n) is 2.28. The first kappa shape index (κ1) is 13.1. The Morgan fingerprint density at radius 3 is 2.56 bits per heavy atom. The first-order chi connectivity index (χ1) is 8.52. The van der Waals surface area contributed by atoms with Crippen LogP contribution < -0.4 is 4.90 Å². The van der Waals surface area contributed by atoms with Gasteiger partial charge in [-0.2, -0.15) is 13.2 Å². The summed E-state index contributed by atoms with van der Waals surface area (Å²) in [5, 5.41) is 9.20. The second-order valence-electron chi connectivity index (χ2n) is 4.47. The van der Waals surface area contributed by atoms with E-state index in [0.29, 0.717) is 18.7 Å². The van der Waals surface area contributed by atoms with Gasteiger partial charge in [-0.15, -0.1) is 0 Å². The van der Waals surface area contributed by atoms with Crippen LogP contribution in [0.15, 0.2) is 18.5 Å². The Balaban J connectivity index is 2.06. The quantitative estimate of drug-likeness (QED) is 0.886. The van der Waals surface area contributed by atoms with Gasteiger partial charge in [-0.05, 0) is 18.9 Å². The van der Waals surface area contributed by atoms with Crippen molar-refractivity contribution < 1.29 is 18.3 Å². The molecule has 0 aromatic carbocycles. The zero-order valence-electron chi connectivity index (χ0n) is 9.82. The Bertz CT molecular complexity index is 401. The number of hydrogen-bond donors (Lipinski definition) is 1. The van der Waals surface area contributed by atoms with E-state index in [2.05, 4.69) is 4.98 Å². The summed E-state index contributed by atoms with van der Waals surface area (Å²) >= 11 is 0. The van der Waals surface area contributed by atoms with E-state index in [4.69, 9.17) is 0 Å². The van der Waals surface area contributed by atoms with Crippen molar-refractivity contribution in [2.24, 2.45) is 5.92 Å². The number of halogens is 3. The number of hydrogen-bond acceptors (Lipinski definition) is 3. The van der Waals surface area contributed by atoms with Crippen LogP contribution in [-0.4, -0.2) is 29.4 Å². The van der Waals surface area contributed by atoms with E-state index in [1.807, 2.05) is 4.90 Å². The Kier molecular flexibility index (Phi) is 3.75. The normalized spacial score (nSPS) is 18.1. The summed E-state index contributed by atoms with van der Waals surface area (Å²) in [6.07, 6.45) is -0.732. The largest absolute Gasteiger partial charge is 0.392 e. The minimum Gasteiger partial charge on any atom is -0.392 e. The molecule has 0 unspecified atom stereocenters. The van der Waals surface area contributed by atoms with Gasteiger partial charge in [-0.1, -0.05) is 0 Å². The maximum atomic E-state index is 12.5. The number of piperidine rings is 1. The van der Waals surface area contributed by atoms with Crippen LogP contribution in [0.2, 0.25) is 0 Å². The number of aliphatic hydroxyl groups is 1. The van der Waals surface area contributed by atoms with E-state index in [1.54, 1.807) is 18.5 Å². The highest BCUT2D eigenvalue weighted by Gasteiger charge is 2.41. The molecular weight excluding hydrogens is 245 g/mol. The third-order valence-corrected chi connectivity index (χ3v) is 3.36. The van der Waals surface area contributed by atoms with Crippen LogP contribution in [0, 0.1) is 5.92 Å². The predicted octanol–water partition coefficient (Wildman–Crippen LogP) is 2.35. The summed E-state index contributed by atoms with van der Waals surface area (Å²) in [5.74, 6) is -1.21. The molecular formula is C12H15F3N2O. The van der Waals surface area contributed by atoms with Gasteiger partial charge < -0.3 is 10.0 Å². The van der Waals surface area contributed by atoms with Crippen LogP contribution in [0.5, 0.6) is 0 Å². The van der Waals surface area contributed by atoms with Crippen molar-refractivity contribution >= 4 is 5.69 Å². The molecule has 1 aliphatic rings. The van der Waals surface area contributed by atoms with Gasteiger partial charge in [0.25, 0.3) is 0 Å². The molecule has 0 spiro atoms. The van der Waals surface area contributed by atoms with Crippen LogP contribution in [0.25, 0.3) is 0 Å². The lowest BCUT2D eigenvalue weighted by molar-refractivity contribution is -0.179. The van der Waals surface area contributed by atoms with Gasteiger partial charge in [0.2, 0.25) is 0 Å². The molecule has 6 heteroatoms. The SMILES string of the molecule is OCc1ccncc1N1CCC(C(F)(F)F)CC1. The average molecular weight is 260 g/mol. The Hall–Kier alpha value is -1.30. The molecule has 1 N–H and O–H groups in total. The number of nitrogens with zero attached hydrogens (tertiary/aromatic N) is 2. The smallest absolute Gasteiger partial charge is 0.391 e. The minimum absolute atomic E-state index is 0.100. The lowest BCUT2D eigenvalue weighted by Gasteiger charge is -2.35. The van der Waals surface area contributed by atoms with Crippen molar-refractivity contribution in [3.05, 3.63) is 24.0 Å². The van der Waals surface area contributed by atoms with Gasteiger partial charge in [-0.3, -0.25) is 4.98 Å². The lowest BCUT2D eigenvalue weighted by Crippen LogP contribution is -2.39. The van der Waals surface area contributed by atoms with Crippen LogP contribution >= 0.6 is 0 Å². The van der Waals surface area contributed by atoms with Crippen molar-refractivity contribution in [3.63, 3.8) is 0 Å². The molecule has 2 heterocycles. The molecule has 2 rings (SSSR count). The highest BCUT2D eigenvalue weighted by molar-refractivity contribution is 5.51. The predicted molar refractivity (Wildman–Crippen MR) is 61.2 cm³/mol. The maximum absolute atomic E-state index is 12.5. The fraction of sp³-hybridized carbons (Fsp3) is 0.583. The van der Waals surface area contributed by atoms with Gasteiger partial charge in [0.05, 0.1) is 24.4 Å². The van der Waals surface area contributed by atoms with E-state index < -0.39 is 12.1 Å². The van der Waals surface area contributed by atoms with Crippen LogP contribution in [0.4, 0.5) is 18.9 Å². The Labute approximate surface area is 103 Å². The number of aliphatic hydroxyl groups excluding tert-OH is 1. The van der Waals surface area contributed by atoms with Crippen molar-refractivity contribution in [3.8, 4) is 0 Å². The molecule has 1 aromatic heterocycles. The highest BCUT2D eigenvalue weighted by atomic mass is 19.4. The minimum atomic E-state index is -4.10. The fourth-order valence-corrected chi connectivity index (χ4v) is 2.28. The number of pyridine rings is 1. The van der Waals surface area contributed by atoms with Crippen molar-refractivity contribution in [2.75, 3.05) is 18.0 Å². The maximum Gasteiger partial charge on any atom is 0.391 e. The molecule has 0 bridgehead atoms. The van der Waals surface area contributed by atoms with Crippen LogP contribution in [0.1, 0.15) is 18.4 Å². The monoisotopic (exact) mass is 260 g/mol. The van der Waals surface area contributed by atoms with E-state index in [1.165, 1.54) is 0 Å². The summed E-state index contributed by atoms with van der Waals surface area (Å²) in [6.45, 7) is 0.572. The molecule has 1 fully saturated rings. The van der Waals surface area contributed by atoms with E-state index in [-0.39, 0.29) is 19.4 Å². The van der Waals surface area contributed by atoms with E-state index in [0.717, 1.165) is 5.69 Å². The molecule has 100 valence electrons. The molecule has 18 heavy (non-hydrogen) atoms. The van der Waals surface area contributed by atoms with Crippen molar-refractivity contribution in [2.45, 2.75) is 25.6 Å². The number of aromatic nitrogens is 1. The molecule has 1 saturated heterocycles. The second-order valence-corrected chi connectivity index (χ2v) is 4.47. The zero-order valence-corrected chi connectivity index (χ0v) is 9.82. The molecule has 1 aliphatic heterocycles. The number of alkyl halides is 3. The first-order valence-electron chi connectivity index (χ1n) is 5.88. The molecule has 1 aromatic rings. The van der Waals surface area contributed by atoms with Crippen molar-refractivity contribution in [1.82, 2.24) is 4.98 Å². The Morgan fingerprint density at radius 2 is 2.00 bits per heavy atom. The van der Waals surface area contributed by atoms with E-state index in [9.17, 15) is 18.3 Å². The van der Waals surface area contributed by atoms with Gasteiger partial charge in [-0.25, -0.2) is 0 Å². The molecule has 0 radical (unpaired) electrons. The molecule has 0 amide bonds. The first-order valence-corrected chi connectivity index (χ1v) is 5.88. The van der Waals surface area contributed by atoms with Gasteiger partial charge in [0.15, 0.2) is 0 Å². The standard InChI is InChI=1S/C12H15F3N2O/c13-12(14,15)10-2-5-17(6-3-10)11-7-16-4-1-9(11)8-18/h1,4,7,10,18H,2-3,5-6,8H2. The number of anilines is 1. The van der Waals surface area contributed by atoms with Crippen LogP contribution in [0.3, 0.4) is 0 Å². The molecule has 0 aliphatic carbocycles. The number of rotatable bonds is 2. The summed E-state index contributed by atoms with van der Waals surface area (Å²) in [7, 11) is 0. The topological polar surface area (TPSA) is 36.4 Å². The third kappa shape index (κ3) is 2.75. The summed E-state index contributed by atoms with van der Waals surface area (Å²) < 4.78 is 37.6. The average Bonchev–Trinajstić information content (AvgIpc) is 2.38. The molecule has 0 saturated carbocycles. The van der Waals surface area contributed by atoms with Gasteiger partial charge in [0, 0.05) is 24.8 Å². The molecule has 3 nitrogen and oxygen atoms in total. The highest BCUT2D eigenvalue weighted by Crippen LogP contribution is 2.35. The Morgan fingerprint density at radius 1 is 1.33 bits per heavy atom. The third-order valence-electron chi connectivity index (χ3n) is 3.36. The summed E-state index contributed by atoms with van der Waals surface area (Å²) in [5.41, 5.74) is 1.44. The second kappa shape index (κ2) is 5.14. The molecule has 0 atom stereocenters. The van der Waals surface area contributed by atoms with Gasteiger partial charge >= 0.3 is 6.18 Å². The van der Waals surface area contributed by atoms with E-state index >= 15 is 0 Å². The zero-order chi connectivity index (χ0) is 13.2. The van der Waals surface area contributed by atoms with Crippen LogP contribution in [-0.2, 0) is 6.61 Å².